The summed E-state index contributed by atoms with van der Waals surface area (Å²) in [5.74, 6) is 3.34. The normalized spacial score (nSPS) is 21.2. The van der Waals surface area contributed by atoms with Crippen molar-refractivity contribution in [2.45, 2.75) is 13.8 Å². The highest BCUT2D eigenvalue weighted by molar-refractivity contribution is 7.99. The maximum atomic E-state index is 12.0. The molecule has 0 bridgehead atoms. The molecule has 6 nitrogen and oxygen atoms in total. The van der Waals surface area contributed by atoms with E-state index in [1.807, 2.05) is 25.6 Å². The number of hydrogen-bond acceptors (Lipinski definition) is 5. The average molecular weight is 329 g/mol. The summed E-state index contributed by atoms with van der Waals surface area (Å²) in [6, 6.07) is 0. The van der Waals surface area contributed by atoms with Gasteiger partial charge in [-0.15, -0.1) is 0 Å². The molecule has 1 amide bonds. The van der Waals surface area contributed by atoms with Gasteiger partial charge >= 0.3 is 6.09 Å². The van der Waals surface area contributed by atoms with Crippen molar-refractivity contribution in [3.8, 4) is 0 Å². The fourth-order valence-electron chi connectivity index (χ4n) is 2.57. The Morgan fingerprint density at radius 3 is 2.55 bits per heavy atom. The van der Waals surface area contributed by atoms with Crippen LogP contribution in [0.4, 0.5) is 4.79 Å². The number of carbonyl (C=O) groups is 1. The summed E-state index contributed by atoms with van der Waals surface area (Å²) in [5, 5.41) is 0. The van der Waals surface area contributed by atoms with Gasteiger partial charge in [0.2, 0.25) is 0 Å². The Kier molecular flexibility index (Phi) is 7.48. The van der Waals surface area contributed by atoms with Crippen LogP contribution in [0.15, 0.2) is 4.99 Å². The van der Waals surface area contributed by atoms with E-state index >= 15 is 0 Å². The Balaban J connectivity index is 1.78. The van der Waals surface area contributed by atoms with Gasteiger partial charge in [-0.3, -0.25) is 4.90 Å². The van der Waals surface area contributed by atoms with E-state index in [1.165, 1.54) is 11.5 Å². The van der Waals surface area contributed by atoms with Crippen molar-refractivity contribution in [1.29, 1.82) is 0 Å². The smallest absolute Gasteiger partial charge is 0.435 e. The molecule has 0 aliphatic carbocycles. The summed E-state index contributed by atoms with van der Waals surface area (Å²) in [5.41, 5.74) is 0. The van der Waals surface area contributed by atoms with Crippen molar-refractivity contribution >= 4 is 23.7 Å². The topological polar surface area (TPSA) is 54.4 Å². The van der Waals surface area contributed by atoms with E-state index in [0.717, 1.165) is 38.6 Å². The van der Waals surface area contributed by atoms with Crippen LogP contribution in [0.5, 0.6) is 0 Å². The van der Waals surface area contributed by atoms with E-state index < -0.39 is 6.09 Å². The number of amides is 1. The van der Waals surface area contributed by atoms with Gasteiger partial charge in [0, 0.05) is 50.1 Å². The van der Waals surface area contributed by atoms with Crippen LogP contribution in [0.25, 0.3) is 0 Å². The van der Waals surface area contributed by atoms with Crippen LogP contribution in [-0.2, 0) is 9.47 Å². The molecule has 2 saturated heterocycles. The molecule has 2 rings (SSSR count). The Labute approximate surface area is 137 Å². The quantitative estimate of drug-likeness (QED) is 0.576. The summed E-state index contributed by atoms with van der Waals surface area (Å²) in [4.78, 5) is 20.6. The third-order valence-electron chi connectivity index (χ3n) is 3.79. The number of ether oxygens (including phenoxy) is 2. The molecule has 0 aromatic rings. The van der Waals surface area contributed by atoms with Crippen LogP contribution < -0.4 is 0 Å². The van der Waals surface area contributed by atoms with Crippen molar-refractivity contribution in [2.75, 3.05) is 64.1 Å². The lowest BCUT2D eigenvalue weighted by Gasteiger charge is -2.31. The number of hydrogen-bond donors (Lipinski definition) is 0. The fourth-order valence-corrected chi connectivity index (χ4v) is 3.55. The van der Waals surface area contributed by atoms with Crippen LogP contribution in [0.2, 0.25) is 0 Å². The van der Waals surface area contributed by atoms with Gasteiger partial charge in [0.25, 0.3) is 0 Å². The molecule has 2 heterocycles. The molecule has 7 heteroatoms. The third kappa shape index (κ3) is 5.78. The highest BCUT2D eigenvalue weighted by Gasteiger charge is 2.19. The second kappa shape index (κ2) is 9.37. The molecule has 0 atom stereocenters. The Hall–Kier alpha value is -0.790. The van der Waals surface area contributed by atoms with Gasteiger partial charge < -0.3 is 14.4 Å². The van der Waals surface area contributed by atoms with E-state index in [1.54, 1.807) is 0 Å². The summed E-state index contributed by atoms with van der Waals surface area (Å²) in [7, 11) is 0. The Morgan fingerprint density at radius 2 is 1.91 bits per heavy atom. The van der Waals surface area contributed by atoms with Crippen LogP contribution >= 0.6 is 11.8 Å². The van der Waals surface area contributed by atoms with E-state index in [4.69, 9.17) is 9.47 Å². The van der Waals surface area contributed by atoms with E-state index in [0.29, 0.717) is 19.8 Å². The first-order valence-corrected chi connectivity index (χ1v) is 9.20. The summed E-state index contributed by atoms with van der Waals surface area (Å²) in [6.45, 7) is 10.4. The molecule has 2 aliphatic rings. The van der Waals surface area contributed by atoms with Crippen molar-refractivity contribution in [3.63, 3.8) is 0 Å². The minimum absolute atomic E-state index is 0.199. The minimum atomic E-state index is -0.471. The number of morpholine rings is 1. The highest BCUT2D eigenvalue weighted by atomic mass is 32.2. The molecule has 0 spiro atoms. The minimum Gasteiger partial charge on any atom is -0.447 e. The standard InChI is InChI=1S/C15H27N3O3S/c1-13(2)14(18-4-8-20-9-5-18)16-15(19)21-10-3-17-6-11-22-12-7-17/h13H,3-12H2,1-2H3/b16-14-. The molecule has 2 fully saturated rings. The van der Waals surface area contributed by atoms with Gasteiger partial charge in [-0.2, -0.15) is 16.8 Å². The maximum absolute atomic E-state index is 12.0. The Bertz CT molecular complexity index is 378. The molecule has 0 aromatic carbocycles. The lowest BCUT2D eigenvalue weighted by Crippen LogP contribution is -2.43. The molecule has 0 radical (unpaired) electrons. The number of nitrogens with zero attached hydrogens (tertiary/aromatic N) is 3. The number of aliphatic imine (C=N–C) groups is 1. The number of thioether (sulfide) groups is 1. The number of rotatable bonds is 4. The van der Waals surface area contributed by atoms with E-state index in [-0.39, 0.29) is 5.92 Å². The van der Waals surface area contributed by atoms with Crippen LogP contribution in [0.3, 0.4) is 0 Å². The summed E-state index contributed by atoms with van der Waals surface area (Å²) in [6.07, 6.45) is -0.471. The molecular weight excluding hydrogens is 302 g/mol. The third-order valence-corrected chi connectivity index (χ3v) is 4.74. The molecule has 0 aromatic heterocycles. The molecule has 2 aliphatic heterocycles. The molecular formula is C15H27N3O3S. The van der Waals surface area contributed by atoms with Crippen LogP contribution in [-0.4, -0.2) is 85.8 Å². The molecule has 126 valence electrons. The zero-order valence-corrected chi connectivity index (χ0v) is 14.4. The first-order chi connectivity index (χ1) is 10.7. The SMILES string of the molecule is CC(C)/C(=N/C(=O)OCCN1CCSCC1)N1CCOCC1. The average Bonchev–Trinajstić information content (AvgIpc) is 2.54. The number of carbonyl (C=O) groups excluding carboxylic acids is 1. The van der Waals surface area contributed by atoms with Crippen molar-refractivity contribution < 1.29 is 14.3 Å². The molecule has 0 N–H and O–H groups in total. The van der Waals surface area contributed by atoms with E-state index in [2.05, 4.69) is 14.8 Å². The van der Waals surface area contributed by atoms with Crippen molar-refractivity contribution in [3.05, 3.63) is 0 Å². The first kappa shape index (κ1) is 17.6. The first-order valence-electron chi connectivity index (χ1n) is 8.05. The largest absolute Gasteiger partial charge is 0.447 e. The van der Waals surface area contributed by atoms with Gasteiger partial charge in [-0.1, -0.05) is 13.8 Å². The number of amidine groups is 1. The lowest BCUT2D eigenvalue weighted by atomic mass is 10.1. The second-order valence-corrected chi connectivity index (χ2v) is 7.02. The summed E-state index contributed by atoms with van der Waals surface area (Å²) < 4.78 is 10.6. The van der Waals surface area contributed by atoms with Crippen LogP contribution in [0, 0.1) is 5.92 Å². The monoisotopic (exact) mass is 329 g/mol. The van der Waals surface area contributed by atoms with Crippen molar-refractivity contribution in [2.24, 2.45) is 10.9 Å². The van der Waals surface area contributed by atoms with E-state index in [9.17, 15) is 4.79 Å². The predicted octanol–water partition coefficient (Wildman–Crippen LogP) is 1.56. The molecule has 0 saturated carbocycles. The molecule has 22 heavy (non-hydrogen) atoms. The van der Waals surface area contributed by atoms with Crippen molar-refractivity contribution in [1.82, 2.24) is 9.80 Å². The predicted molar refractivity (Wildman–Crippen MR) is 89.8 cm³/mol. The van der Waals surface area contributed by atoms with Gasteiger partial charge in [-0.05, 0) is 0 Å². The van der Waals surface area contributed by atoms with Gasteiger partial charge in [-0.25, -0.2) is 4.79 Å². The van der Waals surface area contributed by atoms with Gasteiger partial charge in [0.05, 0.1) is 13.2 Å². The van der Waals surface area contributed by atoms with Crippen LogP contribution in [0.1, 0.15) is 13.8 Å². The zero-order chi connectivity index (χ0) is 15.8. The zero-order valence-electron chi connectivity index (χ0n) is 13.6. The second-order valence-electron chi connectivity index (χ2n) is 5.79. The highest BCUT2D eigenvalue weighted by Crippen LogP contribution is 2.09. The Morgan fingerprint density at radius 1 is 1.23 bits per heavy atom. The van der Waals surface area contributed by atoms with Gasteiger partial charge in [0.1, 0.15) is 12.4 Å². The fraction of sp³-hybridized carbons (Fsp3) is 0.867. The summed E-state index contributed by atoms with van der Waals surface area (Å²) >= 11 is 1.98. The lowest BCUT2D eigenvalue weighted by molar-refractivity contribution is 0.0659. The maximum Gasteiger partial charge on any atom is 0.435 e. The molecule has 0 unspecified atom stereocenters. The van der Waals surface area contributed by atoms with Gasteiger partial charge in [0.15, 0.2) is 0 Å².